The number of carbonyl (C=O) groups excluding carboxylic acids is 1. The third-order valence-corrected chi connectivity index (χ3v) is 1.34. The standard InChI is InChI=1S/C7H7FN2O2/c8-5-3-4(7(9)11)1-2-6(5)12-10/h1-3H,10H2,(H2,9,11). The molecule has 0 heterocycles. The molecule has 5 heteroatoms. The molecule has 64 valence electrons. The predicted molar refractivity (Wildman–Crippen MR) is 39.7 cm³/mol. The van der Waals surface area contributed by atoms with Gasteiger partial charge in [0.2, 0.25) is 5.91 Å². The molecule has 0 aliphatic heterocycles. The molecule has 0 aliphatic carbocycles. The number of hydrogen-bond donors (Lipinski definition) is 2. The number of hydrogen-bond acceptors (Lipinski definition) is 3. The highest BCUT2D eigenvalue weighted by atomic mass is 19.1. The van der Waals surface area contributed by atoms with Gasteiger partial charge < -0.3 is 10.6 Å². The van der Waals surface area contributed by atoms with Gasteiger partial charge in [-0.05, 0) is 18.2 Å². The van der Waals surface area contributed by atoms with E-state index in [2.05, 4.69) is 4.84 Å². The van der Waals surface area contributed by atoms with E-state index in [-0.39, 0.29) is 11.3 Å². The second kappa shape index (κ2) is 3.19. The predicted octanol–water partition coefficient (Wildman–Crippen LogP) is 0.177. The lowest BCUT2D eigenvalue weighted by Gasteiger charge is -2.00. The van der Waals surface area contributed by atoms with Gasteiger partial charge in [-0.3, -0.25) is 4.79 Å². The van der Waals surface area contributed by atoms with Crippen LogP contribution in [0.3, 0.4) is 0 Å². The third kappa shape index (κ3) is 1.51. The molecule has 4 nitrogen and oxygen atoms in total. The van der Waals surface area contributed by atoms with Crippen LogP contribution in [0.5, 0.6) is 5.75 Å². The number of amides is 1. The van der Waals surface area contributed by atoms with Crippen molar-refractivity contribution in [2.75, 3.05) is 0 Å². The van der Waals surface area contributed by atoms with Gasteiger partial charge in [-0.1, -0.05) is 0 Å². The van der Waals surface area contributed by atoms with Crippen LogP contribution in [0.2, 0.25) is 0 Å². The second-order valence-electron chi connectivity index (χ2n) is 2.13. The minimum atomic E-state index is -0.714. The van der Waals surface area contributed by atoms with E-state index in [9.17, 15) is 9.18 Å². The molecule has 12 heavy (non-hydrogen) atoms. The van der Waals surface area contributed by atoms with Crippen molar-refractivity contribution in [3.05, 3.63) is 29.6 Å². The van der Waals surface area contributed by atoms with Crippen molar-refractivity contribution in [1.29, 1.82) is 0 Å². The molecule has 0 aliphatic rings. The fraction of sp³-hybridized carbons (Fsp3) is 0. The summed E-state index contributed by atoms with van der Waals surface area (Å²) in [5.41, 5.74) is 4.97. The average Bonchev–Trinajstić information content (AvgIpc) is 2.04. The Kier molecular flexibility index (Phi) is 2.25. The second-order valence-corrected chi connectivity index (χ2v) is 2.13. The van der Waals surface area contributed by atoms with Crippen LogP contribution < -0.4 is 16.5 Å². The molecule has 0 spiro atoms. The summed E-state index contributed by atoms with van der Waals surface area (Å²) in [6, 6.07) is 3.52. The van der Waals surface area contributed by atoms with Crippen LogP contribution in [0, 0.1) is 5.82 Å². The van der Waals surface area contributed by atoms with Gasteiger partial charge in [0.05, 0.1) is 0 Å². The van der Waals surface area contributed by atoms with Gasteiger partial charge in [-0.15, -0.1) is 0 Å². The number of halogens is 1. The number of carbonyl (C=O) groups is 1. The highest BCUT2D eigenvalue weighted by Gasteiger charge is 2.06. The van der Waals surface area contributed by atoms with E-state index in [1.54, 1.807) is 0 Å². The topological polar surface area (TPSA) is 78.3 Å². The Morgan fingerprint density at radius 1 is 1.50 bits per heavy atom. The molecule has 1 rings (SSSR count). The van der Waals surface area contributed by atoms with Crippen molar-refractivity contribution in [2.45, 2.75) is 0 Å². The molecule has 0 radical (unpaired) electrons. The highest BCUT2D eigenvalue weighted by molar-refractivity contribution is 5.92. The van der Waals surface area contributed by atoms with E-state index in [4.69, 9.17) is 11.6 Å². The maximum Gasteiger partial charge on any atom is 0.248 e. The van der Waals surface area contributed by atoms with Crippen molar-refractivity contribution in [3.8, 4) is 5.75 Å². The Bertz CT molecular complexity index is 314. The quantitative estimate of drug-likeness (QED) is 0.621. The summed E-state index contributed by atoms with van der Waals surface area (Å²) in [5, 5.41) is 0. The van der Waals surface area contributed by atoms with Crippen LogP contribution in [0.1, 0.15) is 10.4 Å². The fourth-order valence-corrected chi connectivity index (χ4v) is 0.750. The van der Waals surface area contributed by atoms with Crippen LogP contribution in [0.15, 0.2) is 18.2 Å². The van der Waals surface area contributed by atoms with Gasteiger partial charge in [0.1, 0.15) is 0 Å². The zero-order valence-electron chi connectivity index (χ0n) is 6.08. The smallest absolute Gasteiger partial charge is 0.248 e. The molecule has 1 aromatic rings. The van der Waals surface area contributed by atoms with E-state index in [0.29, 0.717) is 0 Å². The Balaban J connectivity index is 3.10. The minimum absolute atomic E-state index is 0.0771. The zero-order valence-corrected chi connectivity index (χ0v) is 6.08. The summed E-state index contributed by atoms with van der Waals surface area (Å²) < 4.78 is 12.8. The van der Waals surface area contributed by atoms with E-state index < -0.39 is 11.7 Å². The average molecular weight is 170 g/mol. The molecule has 1 amide bonds. The zero-order chi connectivity index (χ0) is 9.14. The lowest BCUT2D eigenvalue weighted by molar-refractivity contribution is 0.0999. The molecule has 0 fully saturated rings. The van der Waals surface area contributed by atoms with E-state index in [0.717, 1.165) is 6.07 Å². The first-order chi connectivity index (χ1) is 5.65. The van der Waals surface area contributed by atoms with E-state index in [1.165, 1.54) is 12.1 Å². The summed E-state index contributed by atoms with van der Waals surface area (Å²) in [4.78, 5) is 14.7. The third-order valence-electron chi connectivity index (χ3n) is 1.34. The first-order valence-electron chi connectivity index (χ1n) is 3.11. The van der Waals surface area contributed by atoms with Gasteiger partial charge in [0, 0.05) is 5.56 Å². The number of rotatable bonds is 2. The van der Waals surface area contributed by atoms with Gasteiger partial charge in [0.25, 0.3) is 0 Å². The minimum Gasteiger partial charge on any atom is -0.408 e. The maximum absolute atomic E-state index is 12.8. The van der Waals surface area contributed by atoms with E-state index >= 15 is 0 Å². The number of benzene rings is 1. The summed E-state index contributed by atoms with van der Waals surface area (Å²) in [6.45, 7) is 0. The van der Waals surface area contributed by atoms with Crippen LogP contribution in [0.25, 0.3) is 0 Å². The van der Waals surface area contributed by atoms with Crippen LogP contribution in [-0.4, -0.2) is 5.91 Å². The van der Waals surface area contributed by atoms with E-state index in [1.807, 2.05) is 0 Å². The molecule has 0 unspecified atom stereocenters. The lowest BCUT2D eigenvalue weighted by Crippen LogP contribution is -2.12. The van der Waals surface area contributed by atoms with Gasteiger partial charge in [-0.25, -0.2) is 4.39 Å². The van der Waals surface area contributed by atoms with Crippen molar-refractivity contribution in [2.24, 2.45) is 11.6 Å². The van der Waals surface area contributed by atoms with Crippen molar-refractivity contribution >= 4 is 5.91 Å². The SMILES string of the molecule is NOc1ccc(C(N)=O)cc1F. The van der Waals surface area contributed by atoms with Crippen LogP contribution in [0.4, 0.5) is 4.39 Å². The Hall–Kier alpha value is -1.62. The summed E-state index contributed by atoms with van der Waals surface area (Å²) in [6.07, 6.45) is 0. The van der Waals surface area contributed by atoms with Crippen molar-refractivity contribution in [3.63, 3.8) is 0 Å². The fourth-order valence-electron chi connectivity index (χ4n) is 0.750. The molecule has 0 aromatic heterocycles. The Morgan fingerprint density at radius 2 is 2.17 bits per heavy atom. The van der Waals surface area contributed by atoms with Crippen LogP contribution >= 0.6 is 0 Å². The largest absolute Gasteiger partial charge is 0.408 e. The molecule has 0 saturated carbocycles. The first-order valence-corrected chi connectivity index (χ1v) is 3.11. The molecule has 0 saturated heterocycles. The summed E-state index contributed by atoms with van der Waals surface area (Å²) >= 11 is 0. The number of primary amides is 1. The molecule has 1 aromatic carbocycles. The molecule has 0 atom stereocenters. The molecular formula is C7H7FN2O2. The number of nitrogens with two attached hydrogens (primary N) is 2. The molecule has 4 N–H and O–H groups in total. The first kappa shape index (κ1) is 8.48. The van der Waals surface area contributed by atoms with Crippen molar-refractivity contribution in [1.82, 2.24) is 0 Å². The summed E-state index contributed by atoms with van der Waals surface area (Å²) in [5.74, 6) is 3.18. The van der Waals surface area contributed by atoms with Crippen LogP contribution in [-0.2, 0) is 0 Å². The monoisotopic (exact) mass is 170 g/mol. The van der Waals surface area contributed by atoms with Gasteiger partial charge in [-0.2, -0.15) is 5.90 Å². The van der Waals surface area contributed by atoms with Crippen molar-refractivity contribution < 1.29 is 14.0 Å². The lowest BCUT2D eigenvalue weighted by atomic mass is 10.2. The van der Waals surface area contributed by atoms with Gasteiger partial charge >= 0.3 is 0 Å². The molecule has 0 bridgehead atoms. The molecular weight excluding hydrogens is 163 g/mol. The normalized spacial score (nSPS) is 9.50. The Morgan fingerprint density at radius 3 is 2.58 bits per heavy atom. The van der Waals surface area contributed by atoms with Gasteiger partial charge in [0.15, 0.2) is 11.6 Å². The highest BCUT2D eigenvalue weighted by Crippen LogP contribution is 2.16. The Labute approximate surface area is 67.9 Å². The maximum atomic E-state index is 12.8. The summed E-state index contributed by atoms with van der Waals surface area (Å²) in [7, 11) is 0.